The average molecular weight is 342 g/mol. The molecule has 0 radical (unpaired) electrons. The van der Waals surface area contributed by atoms with Gasteiger partial charge in [-0.25, -0.2) is 4.39 Å². The van der Waals surface area contributed by atoms with E-state index in [0.717, 1.165) is 44.0 Å². The van der Waals surface area contributed by atoms with Crippen LogP contribution in [0.5, 0.6) is 0 Å². The Morgan fingerprint density at radius 3 is 2.44 bits per heavy atom. The van der Waals surface area contributed by atoms with Crippen molar-refractivity contribution in [3.05, 3.63) is 65.7 Å². The average Bonchev–Trinajstić information content (AvgIpc) is 2.64. The predicted molar refractivity (Wildman–Crippen MR) is 99.0 cm³/mol. The Bertz CT molecular complexity index is 639. The molecule has 1 aliphatic rings. The molecule has 134 valence electrons. The second-order valence-corrected chi connectivity index (χ2v) is 6.84. The van der Waals surface area contributed by atoms with Gasteiger partial charge in [0, 0.05) is 38.8 Å². The lowest BCUT2D eigenvalue weighted by Crippen LogP contribution is -2.51. The van der Waals surface area contributed by atoms with Gasteiger partial charge in [0.25, 0.3) is 0 Å². The van der Waals surface area contributed by atoms with E-state index in [9.17, 15) is 4.39 Å². The van der Waals surface area contributed by atoms with Gasteiger partial charge < -0.3 is 10.2 Å². The van der Waals surface area contributed by atoms with Gasteiger partial charge in [0.05, 0.1) is 17.9 Å². The number of hydrogen-bond donors (Lipinski definition) is 1. The van der Waals surface area contributed by atoms with Crippen LogP contribution in [0.4, 0.5) is 4.39 Å². The fraction of sp³-hybridized carbons (Fsp3) is 0.450. The minimum Gasteiger partial charge on any atom is -0.304 e. The molecule has 5 heteroatoms. The molecular weight excluding hydrogens is 315 g/mol. The number of pyridine rings is 1. The molecular formula is C20H27FN4. The molecule has 1 N–H and O–H groups in total. The van der Waals surface area contributed by atoms with Gasteiger partial charge >= 0.3 is 0 Å². The molecule has 2 aromatic rings. The zero-order chi connectivity index (χ0) is 17.6. The number of benzene rings is 1. The number of nitrogens with one attached hydrogen (secondary N) is 1. The molecule has 0 aliphatic carbocycles. The summed E-state index contributed by atoms with van der Waals surface area (Å²) in [6, 6.07) is 13.9. The Kier molecular flexibility index (Phi) is 6.13. The molecule has 2 atom stereocenters. The Morgan fingerprint density at radius 1 is 1.08 bits per heavy atom. The highest BCUT2D eigenvalue weighted by molar-refractivity contribution is 5.27. The summed E-state index contributed by atoms with van der Waals surface area (Å²) in [6.07, 6.45) is 1.29. The maximum Gasteiger partial charge on any atom is 0.141 e. The van der Waals surface area contributed by atoms with E-state index in [-0.39, 0.29) is 11.9 Å². The van der Waals surface area contributed by atoms with Crippen LogP contribution in [0.3, 0.4) is 0 Å². The van der Waals surface area contributed by atoms with Crippen LogP contribution in [-0.2, 0) is 0 Å². The third-order valence-corrected chi connectivity index (χ3v) is 4.96. The van der Waals surface area contributed by atoms with Crippen molar-refractivity contribution in [1.82, 2.24) is 20.1 Å². The van der Waals surface area contributed by atoms with Gasteiger partial charge in [-0.1, -0.05) is 30.3 Å². The van der Waals surface area contributed by atoms with E-state index in [0.29, 0.717) is 6.04 Å². The van der Waals surface area contributed by atoms with E-state index in [4.69, 9.17) is 0 Å². The largest absolute Gasteiger partial charge is 0.304 e. The Labute approximate surface area is 149 Å². The summed E-state index contributed by atoms with van der Waals surface area (Å²) in [7, 11) is 2.17. The van der Waals surface area contributed by atoms with Crippen molar-refractivity contribution < 1.29 is 4.39 Å². The lowest BCUT2D eigenvalue weighted by Gasteiger charge is -2.37. The van der Waals surface area contributed by atoms with Crippen LogP contribution in [0.1, 0.15) is 24.2 Å². The smallest absolute Gasteiger partial charge is 0.141 e. The molecule has 0 bridgehead atoms. The Hall–Kier alpha value is -1.82. The van der Waals surface area contributed by atoms with Crippen LogP contribution in [0.25, 0.3) is 0 Å². The second-order valence-electron chi connectivity index (χ2n) is 6.84. The summed E-state index contributed by atoms with van der Waals surface area (Å²) in [5, 5.41) is 3.64. The van der Waals surface area contributed by atoms with Crippen LogP contribution in [0.15, 0.2) is 48.7 Å². The number of nitrogens with zero attached hydrogens (tertiary/aromatic N) is 3. The molecule has 1 fully saturated rings. The number of hydrogen-bond acceptors (Lipinski definition) is 4. The van der Waals surface area contributed by atoms with Gasteiger partial charge in [0.2, 0.25) is 0 Å². The first-order chi connectivity index (χ1) is 12.1. The summed E-state index contributed by atoms with van der Waals surface area (Å²) in [4.78, 5) is 9.19. The highest BCUT2D eigenvalue weighted by atomic mass is 19.1. The molecule has 3 rings (SSSR count). The molecule has 0 spiro atoms. The maximum atomic E-state index is 13.2. The van der Waals surface area contributed by atoms with Gasteiger partial charge in [-0.3, -0.25) is 9.88 Å². The SMILES string of the molecule is C[C@H](CN[C@H](c1ccccc1)c1ccc(F)cn1)N1CCN(C)CC1. The third kappa shape index (κ3) is 4.84. The summed E-state index contributed by atoms with van der Waals surface area (Å²) in [5.41, 5.74) is 1.99. The number of halogens is 1. The van der Waals surface area contributed by atoms with Crippen LogP contribution in [0, 0.1) is 5.82 Å². The van der Waals surface area contributed by atoms with Crippen LogP contribution in [-0.4, -0.2) is 60.6 Å². The summed E-state index contributed by atoms with van der Waals surface area (Å²) in [5.74, 6) is -0.304. The fourth-order valence-electron chi connectivity index (χ4n) is 3.28. The van der Waals surface area contributed by atoms with Gasteiger partial charge in [0.1, 0.15) is 5.82 Å². The van der Waals surface area contributed by atoms with E-state index in [1.54, 1.807) is 6.07 Å². The number of aromatic nitrogens is 1. The molecule has 1 aromatic carbocycles. The number of rotatable bonds is 6. The van der Waals surface area contributed by atoms with Gasteiger partial charge in [-0.05, 0) is 31.7 Å². The monoisotopic (exact) mass is 342 g/mol. The van der Waals surface area contributed by atoms with Gasteiger partial charge in [-0.2, -0.15) is 0 Å². The molecule has 0 saturated carbocycles. The number of piperazine rings is 1. The van der Waals surface area contributed by atoms with Crippen molar-refractivity contribution in [2.24, 2.45) is 0 Å². The van der Waals surface area contributed by atoms with Crippen molar-refractivity contribution in [3.8, 4) is 0 Å². The molecule has 1 aliphatic heterocycles. The molecule has 1 aromatic heterocycles. The zero-order valence-electron chi connectivity index (χ0n) is 15.0. The van der Waals surface area contributed by atoms with Crippen molar-refractivity contribution in [1.29, 1.82) is 0 Å². The Balaban J connectivity index is 1.69. The van der Waals surface area contributed by atoms with Gasteiger partial charge in [-0.15, -0.1) is 0 Å². The fourth-order valence-corrected chi connectivity index (χ4v) is 3.28. The Morgan fingerprint density at radius 2 is 1.80 bits per heavy atom. The minimum absolute atomic E-state index is 0.0308. The molecule has 0 unspecified atom stereocenters. The molecule has 4 nitrogen and oxygen atoms in total. The molecule has 25 heavy (non-hydrogen) atoms. The van der Waals surface area contributed by atoms with Crippen molar-refractivity contribution in [2.75, 3.05) is 39.8 Å². The van der Waals surface area contributed by atoms with Crippen molar-refractivity contribution in [2.45, 2.75) is 19.0 Å². The lowest BCUT2D eigenvalue weighted by atomic mass is 10.0. The van der Waals surface area contributed by atoms with Crippen LogP contribution < -0.4 is 5.32 Å². The molecule has 1 saturated heterocycles. The summed E-state index contributed by atoms with van der Waals surface area (Å²) >= 11 is 0. The quantitative estimate of drug-likeness (QED) is 0.874. The third-order valence-electron chi connectivity index (χ3n) is 4.96. The summed E-state index contributed by atoms with van der Waals surface area (Å²) in [6.45, 7) is 7.56. The van der Waals surface area contributed by atoms with Crippen LogP contribution >= 0.6 is 0 Å². The predicted octanol–water partition coefficient (Wildman–Crippen LogP) is 2.54. The van der Waals surface area contributed by atoms with E-state index < -0.39 is 0 Å². The van der Waals surface area contributed by atoms with E-state index in [2.05, 4.69) is 46.2 Å². The highest BCUT2D eigenvalue weighted by Crippen LogP contribution is 2.20. The first-order valence-electron chi connectivity index (χ1n) is 8.96. The van der Waals surface area contributed by atoms with E-state index >= 15 is 0 Å². The van der Waals surface area contributed by atoms with Crippen LogP contribution in [0.2, 0.25) is 0 Å². The first-order valence-corrected chi connectivity index (χ1v) is 8.96. The standard InChI is InChI=1S/C20H27FN4/c1-16(25-12-10-24(2)11-13-25)14-23-20(17-6-4-3-5-7-17)19-9-8-18(21)15-22-19/h3-9,15-16,20,23H,10-14H2,1-2H3/t16-,20-/m1/s1. The number of likely N-dealkylation sites (N-methyl/N-ethyl adjacent to an activating group) is 1. The molecule has 2 heterocycles. The van der Waals surface area contributed by atoms with E-state index in [1.807, 2.05) is 18.2 Å². The second kappa shape index (κ2) is 8.52. The minimum atomic E-state index is -0.304. The molecule has 0 amide bonds. The normalized spacial score (nSPS) is 18.8. The van der Waals surface area contributed by atoms with Crippen molar-refractivity contribution in [3.63, 3.8) is 0 Å². The maximum absolute atomic E-state index is 13.2. The lowest BCUT2D eigenvalue weighted by molar-refractivity contribution is 0.117. The topological polar surface area (TPSA) is 31.4 Å². The first kappa shape index (κ1) is 18.0. The van der Waals surface area contributed by atoms with Crippen molar-refractivity contribution >= 4 is 0 Å². The zero-order valence-corrected chi connectivity index (χ0v) is 15.0. The van der Waals surface area contributed by atoms with Gasteiger partial charge in [0.15, 0.2) is 0 Å². The van der Waals surface area contributed by atoms with E-state index in [1.165, 1.54) is 12.3 Å². The highest BCUT2D eigenvalue weighted by Gasteiger charge is 2.21. The summed E-state index contributed by atoms with van der Waals surface area (Å²) < 4.78 is 13.2.